The fourth-order valence-electron chi connectivity index (χ4n) is 4.27. The van der Waals surface area contributed by atoms with Crippen molar-refractivity contribution in [2.24, 2.45) is 5.73 Å². The van der Waals surface area contributed by atoms with Crippen LogP contribution in [0.15, 0.2) is 24.5 Å². The topological polar surface area (TPSA) is 126 Å². The summed E-state index contributed by atoms with van der Waals surface area (Å²) in [6.07, 6.45) is 10.1. The lowest BCUT2D eigenvalue weighted by Gasteiger charge is -2.25. The van der Waals surface area contributed by atoms with Crippen molar-refractivity contribution in [1.82, 2.24) is 15.0 Å². The maximum absolute atomic E-state index is 11.9. The van der Waals surface area contributed by atoms with E-state index in [4.69, 9.17) is 5.73 Å². The molecular formula is C21H28N6O2. The molecule has 3 atom stereocenters. The highest BCUT2D eigenvalue weighted by Gasteiger charge is 2.23. The van der Waals surface area contributed by atoms with Crippen LogP contribution >= 0.6 is 0 Å². The number of aryl methyl sites for hydroxylation is 1. The van der Waals surface area contributed by atoms with E-state index in [-0.39, 0.29) is 23.8 Å². The number of primary amides is 1. The van der Waals surface area contributed by atoms with E-state index in [0.717, 1.165) is 50.6 Å². The number of hydrogen-bond acceptors (Lipinski definition) is 7. The molecule has 1 fully saturated rings. The lowest BCUT2D eigenvalue weighted by molar-refractivity contribution is 0.100. The summed E-state index contributed by atoms with van der Waals surface area (Å²) in [5.41, 5.74) is 8.20. The van der Waals surface area contributed by atoms with Gasteiger partial charge in [0, 0.05) is 30.2 Å². The minimum Gasteiger partial charge on any atom is -0.393 e. The number of aliphatic hydroxyl groups excluding tert-OH is 1. The molecule has 0 radical (unpaired) electrons. The molecule has 2 aromatic rings. The summed E-state index contributed by atoms with van der Waals surface area (Å²) in [7, 11) is 0. The smallest absolute Gasteiger partial charge is 0.254 e. The van der Waals surface area contributed by atoms with Crippen LogP contribution in [0, 0.1) is 0 Å². The summed E-state index contributed by atoms with van der Waals surface area (Å²) < 4.78 is 0. The van der Waals surface area contributed by atoms with E-state index in [1.54, 1.807) is 0 Å². The molecule has 29 heavy (non-hydrogen) atoms. The molecule has 0 unspecified atom stereocenters. The molecule has 8 nitrogen and oxygen atoms in total. The number of rotatable bonds is 5. The molecule has 0 saturated heterocycles. The first-order valence-corrected chi connectivity index (χ1v) is 10.4. The zero-order valence-electron chi connectivity index (χ0n) is 16.5. The van der Waals surface area contributed by atoms with Crippen molar-refractivity contribution >= 4 is 17.7 Å². The van der Waals surface area contributed by atoms with Crippen LogP contribution < -0.4 is 16.4 Å². The van der Waals surface area contributed by atoms with Gasteiger partial charge < -0.3 is 21.5 Å². The number of nitrogens with zero attached hydrogens (tertiary/aromatic N) is 3. The Morgan fingerprint density at radius 2 is 2.00 bits per heavy atom. The van der Waals surface area contributed by atoms with E-state index in [0.29, 0.717) is 18.2 Å². The van der Waals surface area contributed by atoms with Crippen LogP contribution in [0.5, 0.6) is 0 Å². The maximum Gasteiger partial charge on any atom is 0.254 e. The fraction of sp³-hybridized carbons (Fsp3) is 0.524. The van der Waals surface area contributed by atoms with E-state index in [1.807, 2.05) is 12.3 Å². The van der Waals surface area contributed by atoms with Gasteiger partial charge in [-0.1, -0.05) is 18.9 Å². The second kappa shape index (κ2) is 8.73. The Morgan fingerprint density at radius 1 is 1.14 bits per heavy atom. The Labute approximate surface area is 170 Å². The number of fused-ring (bicyclic) bond motifs is 1. The summed E-state index contributed by atoms with van der Waals surface area (Å²) >= 11 is 0. The van der Waals surface area contributed by atoms with Crippen molar-refractivity contribution in [2.75, 3.05) is 10.6 Å². The normalized spacial score (nSPS) is 24.2. The quantitative estimate of drug-likeness (QED) is 0.570. The Balaban J connectivity index is 1.50. The van der Waals surface area contributed by atoms with Gasteiger partial charge in [-0.15, -0.1) is 0 Å². The number of pyridine rings is 1. The minimum absolute atomic E-state index is 0.0565. The van der Waals surface area contributed by atoms with E-state index < -0.39 is 5.91 Å². The summed E-state index contributed by atoms with van der Waals surface area (Å²) in [6, 6.07) is 4.33. The van der Waals surface area contributed by atoms with Crippen molar-refractivity contribution in [2.45, 2.75) is 69.6 Å². The van der Waals surface area contributed by atoms with Crippen molar-refractivity contribution in [3.63, 3.8) is 0 Å². The molecule has 2 heterocycles. The molecule has 1 saturated carbocycles. The van der Waals surface area contributed by atoms with Gasteiger partial charge in [-0.05, 0) is 50.2 Å². The predicted octanol–water partition coefficient (Wildman–Crippen LogP) is 2.05. The average Bonchev–Trinajstić information content (AvgIpc) is 2.91. The summed E-state index contributed by atoms with van der Waals surface area (Å²) in [5.74, 6) is 0.349. The largest absolute Gasteiger partial charge is 0.393 e. The molecule has 5 N–H and O–H groups in total. The van der Waals surface area contributed by atoms with Crippen LogP contribution in [-0.4, -0.2) is 44.2 Å². The number of hydrogen-bond donors (Lipinski definition) is 4. The van der Waals surface area contributed by atoms with Gasteiger partial charge >= 0.3 is 0 Å². The van der Waals surface area contributed by atoms with Gasteiger partial charge in [-0.25, -0.2) is 4.98 Å². The first kappa shape index (κ1) is 19.6. The molecule has 2 aliphatic carbocycles. The molecule has 0 bridgehead atoms. The monoisotopic (exact) mass is 396 g/mol. The summed E-state index contributed by atoms with van der Waals surface area (Å²) in [4.78, 5) is 25.2. The van der Waals surface area contributed by atoms with Crippen molar-refractivity contribution in [3.8, 4) is 0 Å². The van der Waals surface area contributed by atoms with Crippen LogP contribution in [0.1, 0.15) is 60.1 Å². The Bertz CT molecular complexity index is 874. The second-order valence-electron chi connectivity index (χ2n) is 8.03. The highest BCUT2D eigenvalue weighted by atomic mass is 16.3. The molecule has 0 aliphatic heterocycles. The van der Waals surface area contributed by atoms with Gasteiger partial charge in [-0.2, -0.15) is 4.98 Å². The average molecular weight is 396 g/mol. The maximum atomic E-state index is 11.9. The molecule has 0 aromatic carbocycles. The first-order valence-electron chi connectivity index (χ1n) is 10.4. The van der Waals surface area contributed by atoms with E-state index in [2.05, 4.69) is 31.7 Å². The molecule has 4 rings (SSSR count). The fourth-order valence-corrected chi connectivity index (χ4v) is 4.27. The number of aliphatic hydroxyl groups is 1. The Hall–Kier alpha value is -2.74. The van der Waals surface area contributed by atoms with E-state index in [9.17, 15) is 9.90 Å². The minimum atomic E-state index is -0.564. The van der Waals surface area contributed by atoms with Crippen LogP contribution in [0.25, 0.3) is 0 Å². The van der Waals surface area contributed by atoms with Crippen LogP contribution in [-0.2, 0) is 12.8 Å². The van der Waals surface area contributed by atoms with Gasteiger partial charge in [0.05, 0.1) is 11.7 Å². The number of carbonyl (C=O) groups is 1. The first-order chi connectivity index (χ1) is 14.1. The van der Waals surface area contributed by atoms with Gasteiger partial charge in [0.15, 0.2) is 0 Å². The second-order valence-corrected chi connectivity index (χ2v) is 8.03. The molecule has 1 amide bonds. The highest BCUT2D eigenvalue weighted by molar-refractivity contribution is 5.97. The van der Waals surface area contributed by atoms with E-state index >= 15 is 0 Å². The van der Waals surface area contributed by atoms with Crippen molar-refractivity contribution in [1.29, 1.82) is 0 Å². The number of aromatic nitrogens is 3. The molecular weight excluding hydrogens is 368 g/mol. The summed E-state index contributed by atoms with van der Waals surface area (Å²) in [6.45, 7) is 0. The standard InChI is InChI=1S/C21H28N6O2/c22-19(29)17-12-24-21(26-15-7-8-18-13(10-15)4-3-9-23-18)27-20(17)25-14-5-1-2-6-16(28)11-14/h3-4,9,12,14-16,28H,1-2,5-8,10-11H2,(H2,22,29)(H2,24,25,26,27)/t14-,15-,16+/m1/s1. The molecule has 154 valence electrons. The molecule has 8 heteroatoms. The van der Waals surface area contributed by atoms with Crippen molar-refractivity contribution < 1.29 is 9.90 Å². The van der Waals surface area contributed by atoms with Gasteiger partial charge in [-0.3, -0.25) is 9.78 Å². The van der Waals surface area contributed by atoms with E-state index in [1.165, 1.54) is 11.8 Å². The third-order valence-electron chi connectivity index (χ3n) is 5.81. The number of carbonyl (C=O) groups excluding carboxylic acids is 1. The molecule has 2 aliphatic rings. The number of anilines is 2. The highest BCUT2D eigenvalue weighted by Crippen LogP contribution is 2.25. The number of nitrogens with two attached hydrogens (primary N) is 1. The van der Waals surface area contributed by atoms with Crippen LogP contribution in [0.2, 0.25) is 0 Å². The van der Waals surface area contributed by atoms with Crippen LogP contribution in [0.3, 0.4) is 0 Å². The van der Waals surface area contributed by atoms with Gasteiger partial charge in [0.25, 0.3) is 5.91 Å². The molecule has 2 aromatic heterocycles. The SMILES string of the molecule is NC(=O)c1cnc(N[C@@H]2CCc3ncccc3C2)nc1N[C@@H]1CCCC[C@H](O)C1. The lowest BCUT2D eigenvalue weighted by atomic mass is 9.92. The number of nitrogens with one attached hydrogen (secondary N) is 2. The predicted molar refractivity (Wildman–Crippen MR) is 111 cm³/mol. The summed E-state index contributed by atoms with van der Waals surface area (Å²) in [5, 5.41) is 16.8. The third kappa shape index (κ3) is 4.82. The zero-order chi connectivity index (χ0) is 20.2. The third-order valence-corrected chi connectivity index (χ3v) is 5.81. The van der Waals surface area contributed by atoms with Gasteiger partial charge in [0.1, 0.15) is 5.82 Å². The molecule has 0 spiro atoms. The Morgan fingerprint density at radius 3 is 2.86 bits per heavy atom. The van der Waals surface area contributed by atoms with Gasteiger partial charge in [0.2, 0.25) is 5.95 Å². The zero-order valence-corrected chi connectivity index (χ0v) is 16.5. The number of amides is 1. The van der Waals surface area contributed by atoms with Crippen LogP contribution in [0.4, 0.5) is 11.8 Å². The van der Waals surface area contributed by atoms with Crippen molar-refractivity contribution in [3.05, 3.63) is 41.3 Å². The Kier molecular flexibility index (Phi) is 5.89. The lowest BCUT2D eigenvalue weighted by Crippen LogP contribution is -2.30.